The Hall–Kier alpha value is -2.64. The lowest BCUT2D eigenvalue weighted by Crippen LogP contribution is -2.60. The molecule has 1 N–H and O–H groups in total. The zero-order chi connectivity index (χ0) is 21.0. The molecule has 0 saturated heterocycles. The zero-order valence-electron chi connectivity index (χ0n) is 17.4. The lowest BCUT2D eigenvalue weighted by Gasteiger charge is -2.56. The van der Waals surface area contributed by atoms with Crippen molar-refractivity contribution in [3.05, 3.63) is 28.0 Å². The van der Waals surface area contributed by atoms with Crippen molar-refractivity contribution in [1.29, 1.82) is 0 Å². The first-order valence-corrected chi connectivity index (χ1v) is 10.8. The molecule has 4 saturated carbocycles. The molecule has 4 bridgehead atoms. The topological polar surface area (TPSA) is 103 Å². The maximum Gasteiger partial charge on any atom is 0.342 e. The van der Waals surface area contributed by atoms with Crippen LogP contribution in [0, 0.1) is 24.7 Å². The molecule has 0 aromatic carbocycles. The van der Waals surface area contributed by atoms with Crippen LogP contribution >= 0.6 is 0 Å². The summed E-state index contributed by atoms with van der Waals surface area (Å²) in [6.07, 6.45) is 8.34. The molecule has 0 radical (unpaired) electrons. The van der Waals surface area contributed by atoms with Gasteiger partial charge < -0.3 is 14.5 Å². The molecule has 4 fully saturated rings. The fourth-order valence-corrected chi connectivity index (χ4v) is 6.45. The maximum atomic E-state index is 13.0. The summed E-state index contributed by atoms with van der Waals surface area (Å²) in [6.45, 7) is 3.35. The van der Waals surface area contributed by atoms with Gasteiger partial charge in [0.25, 0.3) is 5.56 Å². The first-order chi connectivity index (χ1) is 14.4. The number of amides is 1. The van der Waals surface area contributed by atoms with E-state index in [0.29, 0.717) is 0 Å². The second-order valence-corrected chi connectivity index (χ2v) is 9.36. The minimum Gasteiger partial charge on any atom is -0.462 e. The van der Waals surface area contributed by atoms with Gasteiger partial charge in [0, 0.05) is 5.54 Å². The molecule has 0 spiro atoms. The van der Waals surface area contributed by atoms with Gasteiger partial charge in [-0.15, -0.1) is 0 Å². The monoisotopic (exact) mass is 413 g/mol. The first-order valence-electron chi connectivity index (χ1n) is 10.8. The molecule has 1 amide bonds. The molecule has 4 aliphatic carbocycles. The lowest BCUT2D eigenvalue weighted by atomic mass is 9.53. The summed E-state index contributed by atoms with van der Waals surface area (Å²) < 4.78 is 11.8. The van der Waals surface area contributed by atoms with Gasteiger partial charge in [0.1, 0.15) is 29.6 Å². The molecule has 8 nitrogen and oxygen atoms in total. The number of carbonyl (C=O) groups is 2. The molecule has 30 heavy (non-hydrogen) atoms. The van der Waals surface area contributed by atoms with Gasteiger partial charge in [0.05, 0.1) is 6.61 Å². The standard InChI is InChI=1S/C22H27N3O5/c1-3-29-21(28)17-12(2)30-19-18(17)20(27)25(11-23-19)10-16(26)24-22-7-13-4-14(8-22)6-15(5-13)9-22/h11,13-15H,3-10H2,1-2H3,(H,24,26). The van der Waals surface area contributed by atoms with Crippen molar-refractivity contribution in [2.45, 2.75) is 64.5 Å². The van der Waals surface area contributed by atoms with E-state index in [2.05, 4.69) is 10.3 Å². The number of nitrogens with zero attached hydrogens (tertiary/aromatic N) is 2. The predicted octanol–water partition coefficient (Wildman–Crippen LogP) is 2.56. The van der Waals surface area contributed by atoms with Crippen LogP contribution in [0.25, 0.3) is 11.1 Å². The highest BCUT2D eigenvalue weighted by Crippen LogP contribution is 2.55. The van der Waals surface area contributed by atoms with Crippen LogP contribution in [0.1, 0.15) is 61.6 Å². The third kappa shape index (κ3) is 3.13. The molecule has 0 unspecified atom stereocenters. The fraction of sp³-hybridized carbons (Fsp3) is 0.636. The van der Waals surface area contributed by atoms with E-state index in [-0.39, 0.29) is 47.0 Å². The largest absolute Gasteiger partial charge is 0.462 e. The Bertz CT molecular complexity index is 1050. The van der Waals surface area contributed by atoms with Crippen molar-refractivity contribution in [2.75, 3.05) is 6.61 Å². The number of nitrogens with one attached hydrogen (secondary N) is 1. The molecule has 6 rings (SSSR count). The van der Waals surface area contributed by atoms with E-state index in [1.807, 2.05) is 0 Å². The van der Waals surface area contributed by atoms with Crippen LogP contribution in [-0.4, -0.2) is 33.6 Å². The van der Waals surface area contributed by atoms with E-state index in [4.69, 9.17) is 9.15 Å². The Morgan fingerprint density at radius 3 is 2.47 bits per heavy atom. The Morgan fingerprint density at radius 2 is 1.87 bits per heavy atom. The molecule has 2 aromatic rings. The van der Waals surface area contributed by atoms with E-state index in [9.17, 15) is 14.4 Å². The zero-order valence-corrected chi connectivity index (χ0v) is 17.4. The molecule has 0 aliphatic heterocycles. The SMILES string of the molecule is CCOC(=O)c1c(C)oc2ncn(CC(=O)NC34CC5CC(CC(C5)C3)C4)c(=O)c12. The summed E-state index contributed by atoms with van der Waals surface area (Å²) in [5, 5.41) is 3.34. The van der Waals surface area contributed by atoms with Crippen molar-refractivity contribution in [3.63, 3.8) is 0 Å². The minimum absolute atomic E-state index is 0.0658. The Balaban J connectivity index is 1.40. The summed E-state index contributed by atoms with van der Waals surface area (Å²) in [6, 6.07) is 0. The molecular weight excluding hydrogens is 386 g/mol. The van der Waals surface area contributed by atoms with Gasteiger partial charge in [-0.3, -0.25) is 14.2 Å². The Labute approximate surface area is 174 Å². The van der Waals surface area contributed by atoms with Crippen LogP contribution in [0.5, 0.6) is 0 Å². The number of rotatable bonds is 5. The van der Waals surface area contributed by atoms with Crippen molar-refractivity contribution in [2.24, 2.45) is 17.8 Å². The van der Waals surface area contributed by atoms with Gasteiger partial charge in [0.15, 0.2) is 0 Å². The van der Waals surface area contributed by atoms with Crippen LogP contribution in [-0.2, 0) is 16.1 Å². The van der Waals surface area contributed by atoms with Crippen molar-refractivity contribution >= 4 is 23.0 Å². The Kier molecular flexibility index (Phi) is 4.48. The molecule has 2 aromatic heterocycles. The van der Waals surface area contributed by atoms with Gasteiger partial charge in [-0.2, -0.15) is 0 Å². The third-order valence-corrected chi connectivity index (χ3v) is 7.09. The normalized spacial score (nSPS) is 29.3. The van der Waals surface area contributed by atoms with Gasteiger partial charge in [-0.1, -0.05) is 0 Å². The quantitative estimate of drug-likeness (QED) is 0.756. The van der Waals surface area contributed by atoms with Crippen molar-refractivity contribution < 1.29 is 18.7 Å². The van der Waals surface area contributed by atoms with Crippen LogP contribution in [0.3, 0.4) is 0 Å². The summed E-state index contributed by atoms with van der Waals surface area (Å²) in [4.78, 5) is 42.4. The smallest absolute Gasteiger partial charge is 0.342 e. The van der Waals surface area contributed by atoms with Gasteiger partial charge >= 0.3 is 5.97 Å². The Morgan fingerprint density at radius 1 is 1.23 bits per heavy atom. The molecule has 2 heterocycles. The second kappa shape index (κ2) is 6.96. The highest BCUT2D eigenvalue weighted by Gasteiger charge is 2.51. The van der Waals surface area contributed by atoms with E-state index in [1.165, 1.54) is 30.2 Å². The summed E-state index contributed by atoms with van der Waals surface area (Å²) >= 11 is 0. The average molecular weight is 413 g/mol. The summed E-state index contributed by atoms with van der Waals surface area (Å²) in [5.41, 5.74) is -0.422. The number of hydrogen-bond donors (Lipinski definition) is 1. The minimum atomic E-state index is -0.622. The average Bonchev–Trinajstić information content (AvgIpc) is 2.99. The molecule has 4 aliphatic rings. The van der Waals surface area contributed by atoms with Gasteiger partial charge in [-0.05, 0) is 70.1 Å². The number of aryl methyl sites for hydroxylation is 1. The van der Waals surface area contributed by atoms with Crippen molar-refractivity contribution in [3.8, 4) is 0 Å². The van der Waals surface area contributed by atoms with Crippen LogP contribution in [0.4, 0.5) is 0 Å². The van der Waals surface area contributed by atoms with E-state index in [0.717, 1.165) is 37.0 Å². The second-order valence-electron chi connectivity index (χ2n) is 9.36. The van der Waals surface area contributed by atoms with Gasteiger partial charge in [-0.25, -0.2) is 9.78 Å². The number of ether oxygens (including phenoxy) is 1. The highest BCUT2D eigenvalue weighted by atomic mass is 16.5. The summed E-state index contributed by atoms with van der Waals surface area (Å²) in [7, 11) is 0. The number of hydrogen-bond acceptors (Lipinski definition) is 6. The van der Waals surface area contributed by atoms with Crippen LogP contribution in [0.15, 0.2) is 15.5 Å². The molecule has 160 valence electrons. The number of aromatic nitrogens is 2. The summed E-state index contributed by atoms with van der Waals surface area (Å²) in [5.74, 6) is 1.64. The van der Waals surface area contributed by atoms with Gasteiger partial charge in [0.2, 0.25) is 11.6 Å². The van der Waals surface area contributed by atoms with E-state index in [1.54, 1.807) is 13.8 Å². The number of fused-ring (bicyclic) bond motifs is 1. The van der Waals surface area contributed by atoms with Crippen LogP contribution < -0.4 is 10.9 Å². The highest BCUT2D eigenvalue weighted by molar-refractivity contribution is 6.03. The lowest BCUT2D eigenvalue weighted by molar-refractivity contribution is -0.127. The number of furan rings is 1. The van der Waals surface area contributed by atoms with E-state index < -0.39 is 11.5 Å². The molecular formula is C22H27N3O5. The molecule has 8 heteroatoms. The predicted molar refractivity (Wildman–Crippen MR) is 108 cm³/mol. The van der Waals surface area contributed by atoms with E-state index >= 15 is 0 Å². The maximum absolute atomic E-state index is 13.0. The number of carbonyl (C=O) groups excluding carboxylic acids is 2. The number of esters is 1. The fourth-order valence-electron chi connectivity index (χ4n) is 6.45. The first kappa shape index (κ1) is 19.3. The molecule has 0 atom stereocenters. The third-order valence-electron chi connectivity index (χ3n) is 7.09. The van der Waals surface area contributed by atoms with Crippen LogP contribution in [0.2, 0.25) is 0 Å². The van der Waals surface area contributed by atoms with Crippen molar-refractivity contribution in [1.82, 2.24) is 14.9 Å².